The first-order valence-electron chi connectivity index (χ1n) is 5.74. The zero-order valence-electron chi connectivity index (χ0n) is 10.0. The summed E-state index contributed by atoms with van der Waals surface area (Å²) < 4.78 is 57.2. The van der Waals surface area contributed by atoms with Gasteiger partial charge in [-0.05, 0) is 18.9 Å². The number of hydrogen-bond acceptors (Lipinski definition) is 4. The highest BCUT2D eigenvalue weighted by Gasteiger charge is 2.24. The molecule has 106 valence electrons. The molecule has 0 spiro atoms. The van der Waals surface area contributed by atoms with E-state index in [2.05, 4.69) is 0 Å². The van der Waals surface area contributed by atoms with Gasteiger partial charge in [0.2, 0.25) is 10.0 Å². The quantitative estimate of drug-likeness (QED) is 0.823. The first-order chi connectivity index (χ1) is 8.87. The smallest absolute Gasteiger partial charge is 0.235 e. The largest absolute Gasteiger partial charge is 0.397 e. The van der Waals surface area contributed by atoms with Crippen molar-refractivity contribution in [3.05, 3.63) is 23.8 Å². The number of nitrogens with two attached hydrogens (primary N) is 1. The van der Waals surface area contributed by atoms with E-state index in [0.717, 1.165) is 12.5 Å². The van der Waals surface area contributed by atoms with Crippen LogP contribution in [0.5, 0.6) is 0 Å². The van der Waals surface area contributed by atoms with Gasteiger partial charge in [0.05, 0.1) is 17.5 Å². The van der Waals surface area contributed by atoms with Gasteiger partial charge in [-0.3, -0.25) is 4.72 Å². The van der Waals surface area contributed by atoms with E-state index in [1.165, 1.54) is 0 Å². The highest BCUT2D eigenvalue weighted by molar-refractivity contribution is 7.92. The number of halogens is 2. The van der Waals surface area contributed by atoms with Crippen LogP contribution in [0, 0.1) is 11.6 Å². The number of nitrogens with one attached hydrogen (secondary N) is 1. The summed E-state index contributed by atoms with van der Waals surface area (Å²) >= 11 is 0. The third-order valence-electron chi connectivity index (χ3n) is 2.77. The Balaban J connectivity index is 2.15. The molecule has 19 heavy (non-hydrogen) atoms. The Morgan fingerprint density at radius 1 is 1.42 bits per heavy atom. The first-order valence-corrected chi connectivity index (χ1v) is 7.39. The second-order valence-corrected chi connectivity index (χ2v) is 6.14. The third kappa shape index (κ3) is 3.54. The van der Waals surface area contributed by atoms with Crippen molar-refractivity contribution >= 4 is 21.4 Å². The van der Waals surface area contributed by atoms with Crippen molar-refractivity contribution in [2.24, 2.45) is 0 Å². The monoisotopic (exact) mass is 292 g/mol. The lowest BCUT2D eigenvalue weighted by Gasteiger charge is -2.14. The van der Waals surface area contributed by atoms with E-state index in [-0.39, 0.29) is 11.4 Å². The molecule has 3 N–H and O–H groups in total. The average Bonchev–Trinajstić information content (AvgIpc) is 2.75. The maximum atomic E-state index is 13.5. The van der Waals surface area contributed by atoms with E-state index in [0.29, 0.717) is 19.1 Å². The van der Waals surface area contributed by atoms with Crippen molar-refractivity contribution in [1.29, 1.82) is 0 Å². The molecule has 1 aromatic carbocycles. The summed E-state index contributed by atoms with van der Waals surface area (Å²) in [5.74, 6) is -2.19. The van der Waals surface area contributed by atoms with Crippen molar-refractivity contribution < 1.29 is 21.9 Å². The van der Waals surface area contributed by atoms with Crippen molar-refractivity contribution in [3.63, 3.8) is 0 Å². The maximum absolute atomic E-state index is 13.5. The predicted octanol–water partition coefficient (Wildman–Crippen LogP) is 1.47. The number of rotatable bonds is 4. The minimum Gasteiger partial charge on any atom is -0.397 e. The summed E-state index contributed by atoms with van der Waals surface area (Å²) in [4.78, 5) is 0. The van der Waals surface area contributed by atoms with Crippen molar-refractivity contribution in [1.82, 2.24) is 0 Å². The van der Waals surface area contributed by atoms with Crippen molar-refractivity contribution in [2.45, 2.75) is 18.9 Å². The summed E-state index contributed by atoms with van der Waals surface area (Å²) in [6.45, 7) is 0.521. The summed E-state index contributed by atoms with van der Waals surface area (Å²) in [5, 5.41) is 0. The number of nitrogen functional groups attached to an aromatic ring is 1. The van der Waals surface area contributed by atoms with Crippen LogP contribution in [0.4, 0.5) is 20.2 Å². The van der Waals surface area contributed by atoms with Crippen LogP contribution in [-0.2, 0) is 14.8 Å². The minimum atomic E-state index is -3.79. The van der Waals surface area contributed by atoms with E-state index in [9.17, 15) is 17.2 Å². The summed E-state index contributed by atoms with van der Waals surface area (Å²) in [6, 6.07) is 1.42. The normalized spacial score (nSPS) is 19.6. The summed E-state index contributed by atoms with van der Waals surface area (Å²) in [6.07, 6.45) is 1.04. The van der Waals surface area contributed by atoms with Gasteiger partial charge < -0.3 is 10.5 Å². The number of anilines is 2. The van der Waals surface area contributed by atoms with Crippen LogP contribution < -0.4 is 10.5 Å². The fraction of sp³-hybridized carbons (Fsp3) is 0.455. The molecular formula is C11H14F2N2O3S. The predicted molar refractivity (Wildman–Crippen MR) is 67.2 cm³/mol. The molecule has 1 unspecified atom stereocenters. The number of sulfonamides is 1. The van der Waals surface area contributed by atoms with Gasteiger partial charge in [-0.15, -0.1) is 0 Å². The topological polar surface area (TPSA) is 81.4 Å². The highest BCUT2D eigenvalue weighted by Crippen LogP contribution is 2.25. The van der Waals surface area contributed by atoms with Gasteiger partial charge in [-0.2, -0.15) is 0 Å². The number of benzene rings is 1. The van der Waals surface area contributed by atoms with Crippen LogP contribution in [0.2, 0.25) is 0 Å². The van der Waals surface area contributed by atoms with Crippen molar-refractivity contribution in [2.75, 3.05) is 22.8 Å². The second kappa shape index (κ2) is 5.30. The Labute approximate surface area is 109 Å². The van der Waals surface area contributed by atoms with E-state index in [4.69, 9.17) is 10.5 Å². The van der Waals surface area contributed by atoms with Gasteiger partial charge in [-0.25, -0.2) is 17.2 Å². The van der Waals surface area contributed by atoms with E-state index < -0.39 is 33.4 Å². The van der Waals surface area contributed by atoms with Crippen LogP contribution in [0.1, 0.15) is 12.8 Å². The maximum Gasteiger partial charge on any atom is 0.235 e. The average molecular weight is 292 g/mol. The molecule has 8 heteroatoms. The Bertz CT molecular complexity index is 548. The molecule has 0 aromatic heterocycles. The molecule has 5 nitrogen and oxygen atoms in total. The fourth-order valence-corrected chi connectivity index (χ4v) is 3.28. The Morgan fingerprint density at radius 3 is 2.74 bits per heavy atom. The molecule has 1 heterocycles. The van der Waals surface area contributed by atoms with Gasteiger partial charge in [0.25, 0.3) is 0 Å². The molecule has 1 aliphatic heterocycles. The molecule has 0 bridgehead atoms. The Morgan fingerprint density at radius 2 is 2.16 bits per heavy atom. The van der Waals surface area contributed by atoms with Crippen LogP contribution >= 0.6 is 0 Å². The molecule has 0 radical (unpaired) electrons. The molecule has 1 aromatic rings. The molecule has 1 fully saturated rings. The standard InChI is InChI=1S/C11H14F2N2O3S/c12-7-4-9(13)11(10(14)5-7)15-19(16,17)6-8-2-1-3-18-8/h4-5,8,15H,1-3,6,14H2. The van der Waals surface area contributed by atoms with E-state index >= 15 is 0 Å². The van der Waals surface area contributed by atoms with Crippen LogP contribution in [0.15, 0.2) is 12.1 Å². The van der Waals surface area contributed by atoms with Gasteiger partial charge in [0, 0.05) is 12.7 Å². The van der Waals surface area contributed by atoms with Gasteiger partial charge in [-0.1, -0.05) is 0 Å². The molecule has 1 atom stereocenters. The van der Waals surface area contributed by atoms with Crippen LogP contribution in [0.25, 0.3) is 0 Å². The first kappa shape index (κ1) is 14.0. The zero-order chi connectivity index (χ0) is 14.0. The molecule has 2 rings (SSSR count). The number of ether oxygens (including phenoxy) is 1. The van der Waals surface area contributed by atoms with Crippen LogP contribution in [0.3, 0.4) is 0 Å². The summed E-state index contributed by atoms with van der Waals surface area (Å²) in [5.41, 5.74) is 4.67. The van der Waals surface area contributed by atoms with E-state index in [1.54, 1.807) is 0 Å². The Hall–Kier alpha value is -1.41. The molecule has 1 aliphatic rings. The van der Waals surface area contributed by atoms with Gasteiger partial charge in [0.1, 0.15) is 11.5 Å². The molecule has 0 aliphatic carbocycles. The second-order valence-electron chi connectivity index (χ2n) is 4.37. The lowest BCUT2D eigenvalue weighted by Crippen LogP contribution is -2.26. The number of hydrogen-bond donors (Lipinski definition) is 2. The summed E-state index contributed by atoms with van der Waals surface area (Å²) in [7, 11) is -3.79. The zero-order valence-corrected chi connectivity index (χ0v) is 10.8. The molecule has 1 saturated heterocycles. The van der Waals surface area contributed by atoms with Gasteiger partial charge in [0.15, 0.2) is 5.82 Å². The third-order valence-corrected chi connectivity index (χ3v) is 4.10. The van der Waals surface area contributed by atoms with E-state index in [1.807, 2.05) is 4.72 Å². The fourth-order valence-electron chi connectivity index (χ4n) is 1.92. The lowest BCUT2D eigenvalue weighted by molar-refractivity contribution is 0.127. The van der Waals surface area contributed by atoms with Crippen LogP contribution in [-0.4, -0.2) is 26.9 Å². The minimum absolute atomic E-state index is 0.275. The molecular weight excluding hydrogens is 278 g/mol. The Kier molecular flexibility index (Phi) is 3.91. The lowest BCUT2D eigenvalue weighted by atomic mass is 10.2. The molecule has 0 amide bonds. The highest BCUT2D eigenvalue weighted by atomic mass is 32.2. The molecule has 0 saturated carbocycles. The SMILES string of the molecule is Nc1cc(F)cc(F)c1NS(=O)(=O)CC1CCCO1. The van der Waals surface area contributed by atoms with Crippen molar-refractivity contribution in [3.8, 4) is 0 Å². The van der Waals surface area contributed by atoms with Gasteiger partial charge >= 0.3 is 0 Å².